The van der Waals surface area contributed by atoms with E-state index >= 15 is 0 Å². The van der Waals surface area contributed by atoms with Crippen molar-refractivity contribution in [3.63, 3.8) is 0 Å². The minimum Gasteiger partial charge on any atom is -0.337 e. The third-order valence-electron chi connectivity index (χ3n) is 5.55. The van der Waals surface area contributed by atoms with Crippen LogP contribution in [0.3, 0.4) is 0 Å². The first-order valence-electron chi connectivity index (χ1n) is 9.99. The van der Waals surface area contributed by atoms with Gasteiger partial charge in [0, 0.05) is 50.1 Å². The number of amides is 1. The maximum absolute atomic E-state index is 14.1. The van der Waals surface area contributed by atoms with Gasteiger partial charge < -0.3 is 4.90 Å². The SMILES string of the molecule is Cc1cc(Cc2ccccc2F)cc(C2CCCN(C(=O)c3ccnn3C)C2)n1. The largest absolute Gasteiger partial charge is 0.337 e. The zero-order valence-electron chi connectivity index (χ0n) is 16.8. The van der Waals surface area contributed by atoms with Gasteiger partial charge in [-0.1, -0.05) is 18.2 Å². The van der Waals surface area contributed by atoms with Gasteiger partial charge in [-0.25, -0.2) is 4.39 Å². The van der Waals surface area contributed by atoms with Crippen LogP contribution < -0.4 is 0 Å². The van der Waals surface area contributed by atoms with Crippen molar-refractivity contribution in [2.45, 2.75) is 32.1 Å². The summed E-state index contributed by atoms with van der Waals surface area (Å²) in [6, 6.07) is 12.7. The lowest BCUT2D eigenvalue weighted by molar-refractivity contribution is 0.0694. The Bertz CT molecular complexity index is 1030. The van der Waals surface area contributed by atoms with Crippen LogP contribution in [0.15, 0.2) is 48.7 Å². The van der Waals surface area contributed by atoms with Gasteiger partial charge in [-0.15, -0.1) is 0 Å². The van der Waals surface area contributed by atoms with Gasteiger partial charge in [-0.3, -0.25) is 14.5 Å². The zero-order chi connectivity index (χ0) is 20.4. The zero-order valence-corrected chi connectivity index (χ0v) is 16.8. The molecule has 1 amide bonds. The van der Waals surface area contributed by atoms with Crippen LogP contribution in [0.4, 0.5) is 4.39 Å². The molecule has 6 heteroatoms. The Balaban J connectivity index is 1.54. The monoisotopic (exact) mass is 392 g/mol. The molecule has 0 aliphatic carbocycles. The number of pyridine rings is 1. The highest BCUT2D eigenvalue weighted by atomic mass is 19.1. The fourth-order valence-electron chi connectivity index (χ4n) is 4.09. The summed E-state index contributed by atoms with van der Waals surface area (Å²) in [6.45, 7) is 3.35. The van der Waals surface area contributed by atoms with Crippen molar-refractivity contribution in [1.29, 1.82) is 0 Å². The predicted octanol–water partition coefficient (Wildman–Crippen LogP) is 3.87. The van der Waals surface area contributed by atoms with Crippen molar-refractivity contribution >= 4 is 5.91 Å². The number of carbonyl (C=O) groups excluding carboxylic acids is 1. The Labute approximate surface area is 170 Å². The minimum absolute atomic E-state index is 0.00827. The minimum atomic E-state index is -0.186. The Morgan fingerprint density at radius 1 is 1.24 bits per heavy atom. The van der Waals surface area contributed by atoms with E-state index in [-0.39, 0.29) is 17.6 Å². The second-order valence-electron chi connectivity index (χ2n) is 7.74. The van der Waals surface area contributed by atoms with Crippen LogP contribution >= 0.6 is 0 Å². The van der Waals surface area contributed by atoms with E-state index in [0.29, 0.717) is 24.2 Å². The number of aryl methyl sites for hydroxylation is 2. The average Bonchev–Trinajstić information content (AvgIpc) is 3.15. The highest BCUT2D eigenvalue weighted by Gasteiger charge is 2.27. The van der Waals surface area contributed by atoms with E-state index in [0.717, 1.165) is 36.3 Å². The summed E-state index contributed by atoms with van der Waals surface area (Å²) in [5.41, 5.74) is 4.24. The summed E-state index contributed by atoms with van der Waals surface area (Å²) < 4.78 is 15.7. The van der Waals surface area contributed by atoms with Gasteiger partial charge in [0.2, 0.25) is 0 Å². The lowest BCUT2D eigenvalue weighted by Crippen LogP contribution is -2.40. The second-order valence-corrected chi connectivity index (χ2v) is 7.74. The number of benzene rings is 1. The summed E-state index contributed by atoms with van der Waals surface area (Å²) in [4.78, 5) is 19.5. The molecule has 1 unspecified atom stereocenters. The Kier molecular flexibility index (Phi) is 5.43. The topological polar surface area (TPSA) is 51.0 Å². The van der Waals surface area contributed by atoms with E-state index in [1.807, 2.05) is 30.0 Å². The molecule has 1 fully saturated rings. The number of halogens is 1. The molecule has 29 heavy (non-hydrogen) atoms. The Morgan fingerprint density at radius 2 is 2.07 bits per heavy atom. The van der Waals surface area contributed by atoms with E-state index in [1.54, 1.807) is 30.1 Å². The third-order valence-corrected chi connectivity index (χ3v) is 5.55. The van der Waals surface area contributed by atoms with E-state index in [4.69, 9.17) is 4.98 Å². The molecular weight excluding hydrogens is 367 g/mol. The van der Waals surface area contributed by atoms with Gasteiger partial charge in [0.05, 0.1) is 0 Å². The number of rotatable bonds is 4. The Morgan fingerprint density at radius 3 is 2.83 bits per heavy atom. The lowest BCUT2D eigenvalue weighted by atomic mass is 9.92. The Hall–Kier alpha value is -3.02. The smallest absolute Gasteiger partial charge is 0.272 e. The van der Waals surface area contributed by atoms with Crippen molar-refractivity contribution in [1.82, 2.24) is 19.7 Å². The summed E-state index contributed by atoms with van der Waals surface area (Å²) in [6.07, 6.45) is 4.11. The quantitative estimate of drug-likeness (QED) is 0.677. The molecule has 150 valence electrons. The van der Waals surface area contributed by atoms with E-state index < -0.39 is 0 Å². The number of aromatic nitrogens is 3. The van der Waals surface area contributed by atoms with Crippen LogP contribution in [0.1, 0.15) is 51.8 Å². The van der Waals surface area contributed by atoms with Crippen molar-refractivity contribution in [3.8, 4) is 0 Å². The number of piperidine rings is 1. The third kappa shape index (κ3) is 4.21. The first-order valence-corrected chi connectivity index (χ1v) is 9.99. The summed E-state index contributed by atoms with van der Waals surface area (Å²) in [5, 5.41) is 4.11. The first-order chi connectivity index (χ1) is 14.0. The van der Waals surface area contributed by atoms with Crippen LogP contribution in [0, 0.1) is 12.7 Å². The molecule has 5 nitrogen and oxygen atoms in total. The molecule has 0 radical (unpaired) electrons. The van der Waals surface area contributed by atoms with Crippen LogP contribution in [0.5, 0.6) is 0 Å². The number of carbonyl (C=O) groups is 1. The molecule has 0 N–H and O–H groups in total. The summed E-state index contributed by atoms with van der Waals surface area (Å²) in [5.74, 6) is 0.00302. The molecule has 3 heterocycles. The fourth-order valence-corrected chi connectivity index (χ4v) is 4.09. The number of nitrogens with zero attached hydrogens (tertiary/aromatic N) is 4. The molecule has 0 bridgehead atoms. The maximum Gasteiger partial charge on any atom is 0.272 e. The summed E-state index contributed by atoms with van der Waals surface area (Å²) in [7, 11) is 1.78. The molecular formula is C23H25FN4O. The molecule has 4 rings (SSSR count). The second kappa shape index (κ2) is 8.15. The van der Waals surface area contributed by atoms with Crippen LogP contribution in [0.2, 0.25) is 0 Å². The van der Waals surface area contributed by atoms with Gasteiger partial charge in [0.15, 0.2) is 0 Å². The van der Waals surface area contributed by atoms with Crippen molar-refractivity contribution < 1.29 is 9.18 Å². The van der Waals surface area contributed by atoms with Gasteiger partial charge >= 0.3 is 0 Å². The number of hydrogen-bond donors (Lipinski definition) is 0. The molecule has 0 spiro atoms. The van der Waals surface area contributed by atoms with Crippen molar-refractivity contribution in [3.05, 3.63) is 82.7 Å². The molecule has 1 saturated heterocycles. The van der Waals surface area contributed by atoms with E-state index in [1.165, 1.54) is 6.07 Å². The molecule has 0 saturated carbocycles. The van der Waals surface area contributed by atoms with Gasteiger partial charge in [0.1, 0.15) is 11.5 Å². The highest BCUT2D eigenvalue weighted by Crippen LogP contribution is 2.28. The standard InChI is InChI=1S/C23H25FN4O/c1-16-12-17(13-18-6-3-4-8-20(18)24)14-21(26-16)19-7-5-11-28(15-19)23(29)22-9-10-25-27(22)2/h3-4,6,8-10,12,14,19H,5,7,11,13,15H2,1-2H3. The van der Waals surface area contributed by atoms with E-state index in [9.17, 15) is 9.18 Å². The lowest BCUT2D eigenvalue weighted by Gasteiger charge is -2.32. The molecule has 2 aromatic heterocycles. The normalized spacial score (nSPS) is 16.8. The number of hydrogen-bond acceptors (Lipinski definition) is 3. The molecule has 1 aromatic carbocycles. The summed E-state index contributed by atoms with van der Waals surface area (Å²) >= 11 is 0. The van der Waals surface area contributed by atoms with Crippen LogP contribution in [-0.2, 0) is 13.5 Å². The predicted molar refractivity (Wildman–Crippen MR) is 109 cm³/mol. The van der Waals surface area contributed by atoms with Crippen LogP contribution in [0.25, 0.3) is 0 Å². The van der Waals surface area contributed by atoms with Crippen molar-refractivity contribution in [2.75, 3.05) is 13.1 Å². The molecule has 1 aliphatic heterocycles. The molecule has 3 aromatic rings. The first kappa shape index (κ1) is 19.3. The fraction of sp³-hybridized carbons (Fsp3) is 0.348. The van der Waals surface area contributed by atoms with E-state index in [2.05, 4.69) is 11.2 Å². The van der Waals surface area contributed by atoms with Crippen molar-refractivity contribution in [2.24, 2.45) is 7.05 Å². The number of likely N-dealkylation sites (tertiary alicyclic amines) is 1. The highest BCUT2D eigenvalue weighted by molar-refractivity contribution is 5.92. The maximum atomic E-state index is 14.1. The average molecular weight is 392 g/mol. The molecule has 1 aliphatic rings. The van der Waals surface area contributed by atoms with Gasteiger partial charge in [0.25, 0.3) is 5.91 Å². The van der Waals surface area contributed by atoms with Gasteiger partial charge in [-0.05, 0) is 55.2 Å². The van der Waals surface area contributed by atoms with Gasteiger partial charge in [-0.2, -0.15) is 5.10 Å². The molecule has 1 atom stereocenters. The van der Waals surface area contributed by atoms with Crippen LogP contribution in [-0.4, -0.2) is 38.7 Å².